The molecule has 0 bridgehead atoms. The van der Waals surface area contributed by atoms with E-state index >= 15 is 0 Å². The molecule has 436 valence electrons. The van der Waals surface area contributed by atoms with E-state index in [2.05, 4.69) is 113 Å². The second kappa shape index (κ2) is 26.3. The van der Waals surface area contributed by atoms with Crippen molar-refractivity contribution < 1.29 is 37.8 Å². The van der Waals surface area contributed by atoms with Crippen molar-refractivity contribution in [1.82, 2.24) is 0 Å². The summed E-state index contributed by atoms with van der Waals surface area (Å²) in [4.78, 5) is 50.2. The molecule has 0 spiro atoms. The van der Waals surface area contributed by atoms with Crippen molar-refractivity contribution in [3.05, 3.63) is 223 Å². The highest BCUT2D eigenvalue weighted by Crippen LogP contribution is 2.46. The number of nitro benzene ring substituents is 2. The quantitative estimate of drug-likeness (QED) is 0.0227. The number of non-ortho nitro benzene ring substituents is 2. The van der Waals surface area contributed by atoms with Crippen LogP contribution >= 0.6 is 22.6 Å². The van der Waals surface area contributed by atoms with Crippen LogP contribution in [-0.4, -0.2) is 51.5 Å². The number of hydrogen-bond acceptors (Lipinski definition) is 10. The van der Waals surface area contributed by atoms with Gasteiger partial charge in [-0.05, 0) is 114 Å². The number of halogens is 1. The Labute approximate surface area is 504 Å². The van der Waals surface area contributed by atoms with Crippen molar-refractivity contribution in [2.45, 2.75) is 104 Å². The third-order valence-electron chi connectivity index (χ3n) is 15.9. The molecule has 0 aliphatic rings. The van der Waals surface area contributed by atoms with E-state index in [4.69, 9.17) is 29.8 Å². The highest BCUT2D eigenvalue weighted by molar-refractivity contribution is 14.1. The van der Waals surface area contributed by atoms with E-state index in [-0.39, 0.29) is 37.4 Å². The first-order chi connectivity index (χ1) is 39.1. The molecule has 0 aliphatic carbocycles. The van der Waals surface area contributed by atoms with Crippen molar-refractivity contribution in [3.63, 3.8) is 0 Å². The van der Waals surface area contributed by atoms with Crippen LogP contribution in [0.2, 0.25) is 10.1 Å². The topological polar surface area (TPSA) is 209 Å². The zero-order valence-electron chi connectivity index (χ0n) is 49.0. The molecule has 0 radical (unpaired) electrons. The molecule has 4 atom stereocenters. The van der Waals surface area contributed by atoms with Crippen LogP contribution in [0.3, 0.4) is 0 Å². The third-order valence-corrected chi connectivity index (χ3v) is 27.0. The van der Waals surface area contributed by atoms with E-state index in [9.17, 15) is 29.8 Å². The summed E-state index contributed by atoms with van der Waals surface area (Å²) < 4.78 is 30.5. The second-order valence-corrected chi connectivity index (χ2v) is 34.4. The molecule has 0 aliphatic heterocycles. The van der Waals surface area contributed by atoms with E-state index in [1.165, 1.54) is 24.3 Å². The molecule has 0 fully saturated rings. The van der Waals surface area contributed by atoms with Crippen molar-refractivity contribution in [2.75, 3.05) is 13.2 Å². The number of nitro groups is 2. The molecule has 0 unspecified atom stereocenters. The van der Waals surface area contributed by atoms with Gasteiger partial charge in [-0.2, -0.15) is 0 Å². The summed E-state index contributed by atoms with van der Waals surface area (Å²) in [7, 11) is -6.44. The van der Waals surface area contributed by atoms with Gasteiger partial charge in [0, 0.05) is 60.1 Å². The largest absolute Gasteiger partial charge is 0.484 e. The standard InChI is InChI=1S/C66H77IN4O10Si2/c1-63(2,3)82(52-24-15-11-16-25-52,53-26-17-12-18-27-53)78-44-48(42-65(7,8)61(68)72)59(46-34-38-50(39-35-46)70(74)75)80-56-32-23-33-57(58(56)67)81-60(47-36-40-51(41-37-47)71(76)77)49(43-66(9,10)62(69)73)45-79-83(64(4,5)6,54-28-19-13-20-29-54)55-30-21-14-22-31-55/h11-41,48-49,59-60H,42-45H2,1-10H3,(H2,68,72)(H2,69,73)/t48-,49-,59-,60-/m0/s1. The lowest BCUT2D eigenvalue weighted by Gasteiger charge is -2.45. The predicted octanol–water partition coefficient (Wildman–Crippen LogP) is 12.5. The number of nitrogens with two attached hydrogens (primary N) is 2. The first-order valence-corrected chi connectivity index (χ1v) is 32.7. The number of hydrogen-bond donors (Lipinski definition) is 2. The monoisotopic (exact) mass is 1270 g/mol. The lowest BCUT2D eigenvalue weighted by Crippen LogP contribution is -2.67. The van der Waals surface area contributed by atoms with Crippen LogP contribution in [0.5, 0.6) is 11.5 Å². The van der Waals surface area contributed by atoms with E-state index < -0.39 is 83.2 Å². The molecule has 7 aromatic carbocycles. The zero-order chi connectivity index (χ0) is 60.5. The Morgan fingerprint density at radius 2 is 0.735 bits per heavy atom. The molecule has 0 saturated heterocycles. The Bertz CT molecular complexity index is 3030. The van der Waals surface area contributed by atoms with Crippen LogP contribution in [0, 0.1) is 46.5 Å². The number of ether oxygens (including phenoxy) is 2. The molecule has 0 aromatic heterocycles. The summed E-state index contributed by atoms with van der Waals surface area (Å²) >= 11 is 2.19. The normalized spacial score (nSPS) is 14.0. The molecule has 0 saturated carbocycles. The molecular formula is C66H77IN4O10Si2. The van der Waals surface area contributed by atoms with Gasteiger partial charge in [0.1, 0.15) is 23.7 Å². The van der Waals surface area contributed by atoms with Gasteiger partial charge < -0.3 is 29.8 Å². The van der Waals surface area contributed by atoms with Crippen LogP contribution in [-0.2, 0) is 18.4 Å². The second-order valence-electron chi connectivity index (χ2n) is 24.7. The van der Waals surface area contributed by atoms with E-state index in [0.29, 0.717) is 26.2 Å². The minimum atomic E-state index is -3.22. The summed E-state index contributed by atoms with van der Waals surface area (Å²) in [6, 6.07) is 58.7. The average Bonchev–Trinajstić information content (AvgIpc) is 3.46. The summed E-state index contributed by atoms with van der Waals surface area (Å²) in [5.74, 6) is -1.48. The first kappa shape index (κ1) is 63.5. The summed E-state index contributed by atoms with van der Waals surface area (Å²) in [5, 5.41) is 27.6. The Morgan fingerprint density at radius 3 is 0.976 bits per heavy atom. The Hall–Kier alpha value is -7.04. The lowest BCUT2D eigenvalue weighted by molar-refractivity contribution is -0.385. The van der Waals surface area contributed by atoms with Crippen LogP contribution < -0.4 is 41.7 Å². The fourth-order valence-corrected chi connectivity index (χ4v) is 21.2. The minimum Gasteiger partial charge on any atom is -0.484 e. The van der Waals surface area contributed by atoms with Crippen LogP contribution in [0.25, 0.3) is 0 Å². The smallest absolute Gasteiger partial charge is 0.269 e. The highest BCUT2D eigenvalue weighted by atomic mass is 127. The van der Waals surface area contributed by atoms with Gasteiger partial charge in [0.25, 0.3) is 28.0 Å². The van der Waals surface area contributed by atoms with E-state index in [1.807, 2.05) is 84.9 Å². The fraction of sp³-hybridized carbons (Fsp3) is 0.333. The molecule has 7 aromatic rings. The van der Waals surface area contributed by atoms with Gasteiger partial charge >= 0.3 is 0 Å². The van der Waals surface area contributed by atoms with Crippen molar-refractivity contribution in [1.29, 1.82) is 0 Å². The Kier molecular flexibility index (Phi) is 20.1. The van der Waals surface area contributed by atoms with Gasteiger partial charge in [-0.1, -0.05) is 197 Å². The van der Waals surface area contributed by atoms with Crippen molar-refractivity contribution in [2.24, 2.45) is 34.1 Å². The molecule has 14 nitrogen and oxygen atoms in total. The average molecular weight is 1270 g/mol. The first-order valence-electron chi connectivity index (χ1n) is 27.8. The molecule has 4 N–H and O–H groups in total. The van der Waals surface area contributed by atoms with E-state index in [1.54, 1.807) is 58.0 Å². The molecule has 2 amide bonds. The number of rotatable bonds is 26. The van der Waals surface area contributed by atoms with Gasteiger partial charge in [0.05, 0.1) is 13.4 Å². The zero-order valence-corrected chi connectivity index (χ0v) is 53.2. The number of benzene rings is 7. The van der Waals surface area contributed by atoms with Crippen molar-refractivity contribution >= 4 is 83.2 Å². The van der Waals surface area contributed by atoms with Crippen LogP contribution in [0.4, 0.5) is 11.4 Å². The molecule has 83 heavy (non-hydrogen) atoms. The predicted molar refractivity (Wildman–Crippen MR) is 341 cm³/mol. The summed E-state index contributed by atoms with van der Waals surface area (Å²) in [6.07, 6.45) is -1.41. The number of carbonyl (C=O) groups excluding carboxylic acids is 2. The van der Waals surface area contributed by atoms with Gasteiger partial charge in [-0.25, -0.2) is 0 Å². The molecule has 17 heteroatoms. The highest BCUT2D eigenvalue weighted by Gasteiger charge is 2.53. The number of amides is 2. The molecular weight excluding hydrogens is 1190 g/mol. The van der Waals surface area contributed by atoms with E-state index in [0.717, 1.165) is 20.7 Å². The van der Waals surface area contributed by atoms with Gasteiger partial charge in [0.2, 0.25) is 11.8 Å². The lowest BCUT2D eigenvalue weighted by atomic mass is 9.79. The summed E-state index contributed by atoms with van der Waals surface area (Å²) in [6.45, 7) is 20.5. The molecule has 0 heterocycles. The third kappa shape index (κ3) is 14.3. The van der Waals surface area contributed by atoms with Crippen LogP contribution in [0.15, 0.2) is 188 Å². The van der Waals surface area contributed by atoms with Gasteiger partial charge in [-0.15, -0.1) is 0 Å². The Balaban J connectivity index is 1.39. The van der Waals surface area contributed by atoms with Gasteiger partial charge in [-0.3, -0.25) is 29.8 Å². The maximum absolute atomic E-state index is 13.4. The minimum absolute atomic E-state index is 0.0866. The van der Waals surface area contributed by atoms with Gasteiger partial charge in [0.15, 0.2) is 0 Å². The SMILES string of the molecule is CC(C)(C[C@@H](CO[Si](c1ccccc1)(c1ccccc1)C(C)(C)C)[C@@H](Oc1cccc(O[C@@H](c2ccc([N+](=O)[O-])cc2)[C@H](CO[Si](c2ccccc2)(c2ccccc2)C(C)(C)C)CC(C)(C)C(N)=O)c1I)c1ccc([N+](=O)[O-])cc1)C(N)=O. The number of nitrogens with zero attached hydrogens (tertiary/aromatic N) is 2. The Morgan fingerprint density at radius 1 is 0.458 bits per heavy atom. The molecule has 7 rings (SSSR count). The number of primary amides is 2. The maximum Gasteiger partial charge on any atom is 0.269 e. The van der Waals surface area contributed by atoms with Crippen molar-refractivity contribution in [3.8, 4) is 11.5 Å². The maximum atomic E-state index is 13.4. The van der Waals surface area contributed by atoms with Crippen LogP contribution in [0.1, 0.15) is 105 Å². The number of carbonyl (C=O) groups is 2. The fourth-order valence-electron chi connectivity index (χ4n) is 11.4. The summed E-state index contributed by atoms with van der Waals surface area (Å²) in [5.41, 5.74) is 11.2.